The standard InChI is InChI=1S/C13H29NO2/c1-2-15-12-9-13-16-11-8-6-4-3-5-7-10-14/h2-14H2,1H3. The molecule has 0 aliphatic heterocycles. The van der Waals surface area contributed by atoms with Crippen molar-refractivity contribution in [3.8, 4) is 0 Å². The zero-order valence-corrected chi connectivity index (χ0v) is 10.9. The van der Waals surface area contributed by atoms with Crippen molar-refractivity contribution in [2.45, 2.75) is 51.9 Å². The molecule has 0 spiro atoms. The van der Waals surface area contributed by atoms with Gasteiger partial charge in [-0.1, -0.05) is 25.7 Å². The Labute approximate surface area is 101 Å². The average molecular weight is 231 g/mol. The van der Waals surface area contributed by atoms with Gasteiger partial charge >= 0.3 is 0 Å². The summed E-state index contributed by atoms with van der Waals surface area (Å²) in [4.78, 5) is 0. The normalized spacial score (nSPS) is 10.9. The highest BCUT2D eigenvalue weighted by Crippen LogP contribution is 2.04. The topological polar surface area (TPSA) is 44.5 Å². The quantitative estimate of drug-likeness (QED) is 0.496. The molecule has 0 aliphatic rings. The van der Waals surface area contributed by atoms with Gasteiger partial charge in [0.15, 0.2) is 0 Å². The number of nitrogens with two attached hydrogens (primary N) is 1. The Balaban J connectivity index is 2.83. The van der Waals surface area contributed by atoms with Gasteiger partial charge in [0, 0.05) is 26.4 Å². The molecule has 0 heterocycles. The van der Waals surface area contributed by atoms with E-state index in [0.29, 0.717) is 0 Å². The third kappa shape index (κ3) is 13.9. The lowest BCUT2D eigenvalue weighted by molar-refractivity contribution is 0.0860. The molecule has 0 aliphatic carbocycles. The monoisotopic (exact) mass is 231 g/mol. The van der Waals surface area contributed by atoms with E-state index < -0.39 is 0 Å². The summed E-state index contributed by atoms with van der Waals surface area (Å²) >= 11 is 0. The van der Waals surface area contributed by atoms with Crippen molar-refractivity contribution in [1.29, 1.82) is 0 Å². The van der Waals surface area contributed by atoms with Gasteiger partial charge in [0.2, 0.25) is 0 Å². The Bertz CT molecular complexity index is 107. The fraction of sp³-hybridized carbons (Fsp3) is 1.00. The molecule has 0 aromatic rings. The van der Waals surface area contributed by atoms with Crippen molar-refractivity contribution in [3.05, 3.63) is 0 Å². The maximum atomic E-state index is 5.51. The Hall–Kier alpha value is -0.120. The molecule has 0 saturated carbocycles. The Morgan fingerprint density at radius 3 is 1.94 bits per heavy atom. The highest BCUT2D eigenvalue weighted by molar-refractivity contribution is 4.45. The van der Waals surface area contributed by atoms with E-state index in [-0.39, 0.29) is 0 Å². The third-order valence-corrected chi connectivity index (χ3v) is 2.52. The van der Waals surface area contributed by atoms with Crippen molar-refractivity contribution in [3.63, 3.8) is 0 Å². The molecule has 0 aromatic carbocycles. The Morgan fingerprint density at radius 1 is 0.688 bits per heavy atom. The largest absolute Gasteiger partial charge is 0.382 e. The molecule has 16 heavy (non-hydrogen) atoms. The lowest BCUT2D eigenvalue weighted by Crippen LogP contribution is -2.02. The van der Waals surface area contributed by atoms with E-state index in [1.54, 1.807) is 0 Å². The predicted octanol–water partition coefficient (Wildman–Crippen LogP) is 2.73. The molecule has 0 amide bonds. The van der Waals surface area contributed by atoms with Crippen molar-refractivity contribution in [2.75, 3.05) is 33.0 Å². The lowest BCUT2D eigenvalue weighted by Gasteiger charge is -2.04. The number of rotatable bonds is 13. The minimum atomic E-state index is 0.808. The van der Waals surface area contributed by atoms with Crippen LogP contribution in [0.2, 0.25) is 0 Å². The van der Waals surface area contributed by atoms with Crippen LogP contribution in [-0.2, 0) is 9.47 Å². The SMILES string of the molecule is CCOCCCOCCCCCCCCN. The van der Waals surface area contributed by atoms with Crippen LogP contribution in [0, 0.1) is 0 Å². The number of unbranched alkanes of at least 4 members (excludes halogenated alkanes) is 5. The summed E-state index contributed by atoms with van der Waals surface area (Å²) in [5.41, 5.74) is 5.43. The molecule has 0 aromatic heterocycles. The number of ether oxygens (including phenoxy) is 2. The third-order valence-electron chi connectivity index (χ3n) is 2.52. The van der Waals surface area contributed by atoms with Gasteiger partial charge in [-0.2, -0.15) is 0 Å². The van der Waals surface area contributed by atoms with E-state index in [9.17, 15) is 0 Å². The highest BCUT2D eigenvalue weighted by Gasteiger charge is 1.92. The molecule has 3 heteroatoms. The summed E-state index contributed by atoms with van der Waals surface area (Å²) in [6, 6.07) is 0. The second kappa shape index (κ2) is 14.9. The van der Waals surface area contributed by atoms with Gasteiger partial charge < -0.3 is 15.2 Å². The highest BCUT2D eigenvalue weighted by atomic mass is 16.5. The molecular formula is C13H29NO2. The smallest absolute Gasteiger partial charge is 0.0487 e. The van der Waals surface area contributed by atoms with Crippen LogP contribution < -0.4 is 5.73 Å². The second-order valence-electron chi connectivity index (χ2n) is 4.07. The van der Waals surface area contributed by atoms with Crippen molar-refractivity contribution >= 4 is 0 Å². The summed E-state index contributed by atoms with van der Waals surface area (Å²) in [5, 5.41) is 0. The lowest BCUT2D eigenvalue weighted by atomic mass is 10.1. The van der Waals surface area contributed by atoms with Crippen molar-refractivity contribution < 1.29 is 9.47 Å². The Kier molecular flexibility index (Phi) is 14.8. The molecule has 0 unspecified atom stereocenters. The van der Waals surface area contributed by atoms with E-state index in [1.165, 1.54) is 38.5 Å². The average Bonchev–Trinajstić information content (AvgIpc) is 2.31. The van der Waals surface area contributed by atoms with Gasteiger partial charge in [-0.15, -0.1) is 0 Å². The first-order chi connectivity index (χ1) is 7.91. The molecule has 0 bridgehead atoms. The molecule has 0 rings (SSSR count). The van der Waals surface area contributed by atoms with Gasteiger partial charge in [0.05, 0.1) is 0 Å². The van der Waals surface area contributed by atoms with Gasteiger partial charge in [0.25, 0.3) is 0 Å². The van der Waals surface area contributed by atoms with Crippen molar-refractivity contribution in [1.82, 2.24) is 0 Å². The zero-order valence-electron chi connectivity index (χ0n) is 10.9. The molecule has 3 nitrogen and oxygen atoms in total. The van der Waals surface area contributed by atoms with Gasteiger partial charge in [-0.05, 0) is 32.7 Å². The maximum absolute atomic E-state index is 5.51. The summed E-state index contributed by atoms with van der Waals surface area (Å²) < 4.78 is 10.7. The van der Waals surface area contributed by atoms with Gasteiger partial charge in [-0.25, -0.2) is 0 Å². The van der Waals surface area contributed by atoms with E-state index in [1.807, 2.05) is 6.92 Å². The number of hydrogen-bond acceptors (Lipinski definition) is 3. The minimum Gasteiger partial charge on any atom is -0.382 e. The first-order valence-corrected chi connectivity index (χ1v) is 6.77. The fourth-order valence-electron chi connectivity index (χ4n) is 1.57. The molecule has 2 N–H and O–H groups in total. The van der Waals surface area contributed by atoms with Gasteiger partial charge in [-0.3, -0.25) is 0 Å². The summed E-state index contributed by atoms with van der Waals surface area (Å²) in [6.45, 7) is 6.24. The van der Waals surface area contributed by atoms with Crippen LogP contribution in [0.1, 0.15) is 51.9 Å². The molecule has 0 atom stereocenters. The zero-order chi connectivity index (χ0) is 11.9. The first-order valence-electron chi connectivity index (χ1n) is 6.77. The molecule has 0 saturated heterocycles. The first kappa shape index (κ1) is 15.9. The van der Waals surface area contributed by atoms with E-state index >= 15 is 0 Å². The van der Waals surface area contributed by atoms with Crippen LogP contribution in [0.15, 0.2) is 0 Å². The van der Waals surface area contributed by atoms with E-state index in [0.717, 1.165) is 39.4 Å². The molecule has 98 valence electrons. The summed E-state index contributed by atoms with van der Waals surface area (Å²) in [5.74, 6) is 0. The van der Waals surface area contributed by atoms with Crippen LogP contribution in [0.3, 0.4) is 0 Å². The van der Waals surface area contributed by atoms with Crippen LogP contribution >= 0.6 is 0 Å². The fourth-order valence-corrected chi connectivity index (χ4v) is 1.57. The molecule has 0 radical (unpaired) electrons. The molecule has 0 fully saturated rings. The summed E-state index contributed by atoms with van der Waals surface area (Å²) in [6.07, 6.45) is 8.60. The predicted molar refractivity (Wildman–Crippen MR) is 68.7 cm³/mol. The Morgan fingerprint density at radius 2 is 1.25 bits per heavy atom. The van der Waals surface area contributed by atoms with Crippen LogP contribution in [0.25, 0.3) is 0 Å². The van der Waals surface area contributed by atoms with E-state index in [2.05, 4.69) is 0 Å². The minimum absolute atomic E-state index is 0.808. The van der Waals surface area contributed by atoms with Crippen molar-refractivity contribution in [2.24, 2.45) is 5.73 Å². The van der Waals surface area contributed by atoms with Crippen LogP contribution in [0.5, 0.6) is 0 Å². The molecular weight excluding hydrogens is 202 g/mol. The van der Waals surface area contributed by atoms with E-state index in [4.69, 9.17) is 15.2 Å². The second-order valence-corrected chi connectivity index (χ2v) is 4.07. The maximum Gasteiger partial charge on any atom is 0.0487 e. The van der Waals surface area contributed by atoms with Gasteiger partial charge in [0.1, 0.15) is 0 Å². The summed E-state index contributed by atoms with van der Waals surface area (Å²) in [7, 11) is 0. The van der Waals surface area contributed by atoms with Crippen LogP contribution in [-0.4, -0.2) is 33.0 Å². The van der Waals surface area contributed by atoms with Crippen LogP contribution in [0.4, 0.5) is 0 Å². The number of hydrogen-bond donors (Lipinski definition) is 1.